The minimum absolute atomic E-state index is 0.122. The highest BCUT2D eigenvalue weighted by Crippen LogP contribution is 2.03. The zero-order valence-corrected chi connectivity index (χ0v) is 6.82. The van der Waals surface area contributed by atoms with Crippen molar-refractivity contribution in [3.63, 3.8) is 0 Å². The fraction of sp³-hybridized carbons (Fsp3) is 0.667. The molecule has 0 aliphatic heterocycles. The largest absolute Gasteiger partial charge is 0.481 e. The van der Waals surface area contributed by atoms with Crippen molar-refractivity contribution in [2.45, 2.75) is 12.8 Å². The number of amides is 1. The first-order valence-electron chi connectivity index (χ1n) is 3.17. The molecule has 4 nitrogen and oxygen atoms in total. The second-order valence-electron chi connectivity index (χ2n) is 1.93. The lowest BCUT2D eigenvalue weighted by molar-refractivity contribution is -0.136. The van der Waals surface area contributed by atoms with E-state index < -0.39 is 11.9 Å². The quantitative estimate of drug-likeness (QED) is 0.594. The zero-order chi connectivity index (χ0) is 8.69. The molecular formula is C6H10NO3S. The molecule has 0 bridgehead atoms. The minimum atomic E-state index is -0.824. The van der Waals surface area contributed by atoms with Gasteiger partial charge >= 0.3 is 5.97 Å². The standard InChI is InChI=1S/C6H10NO3S/c7-5(8)1-3-11-4-2-6(9)10/h7H,1-4H2,(H,9,10). The maximum atomic E-state index is 10.1. The Morgan fingerprint density at radius 1 is 1.27 bits per heavy atom. The Morgan fingerprint density at radius 3 is 2.27 bits per heavy atom. The number of hydrogen-bond donors (Lipinski definition) is 1. The van der Waals surface area contributed by atoms with E-state index in [4.69, 9.17) is 10.8 Å². The van der Waals surface area contributed by atoms with E-state index in [0.29, 0.717) is 11.5 Å². The van der Waals surface area contributed by atoms with Crippen molar-refractivity contribution in [1.82, 2.24) is 5.73 Å². The van der Waals surface area contributed by atoms with Gasteiger partial charge < -0.3 is 5.11 Å². The van der Waals surface area contributed by atoms with E-state index in [1.165, 1.54) is 11.8 Å². The molecule has 0 saturated carbocycles. The number of carboxylic acids is 1. The number of nitrogens with one attached hydrogen (secondary N) is 1. The fourth-order valence-corrected chi connectivity index (χ4v) is 1.28. The van der Waals surface area contributed by atoms with E-state index in [9.17, 15) is 9.59 Å². The second kappa shape index (κ2) is 6.03. The van der Waals surface area contributed by atoms with E-state index in [1.54, 1.807) is 0 Å². The highest BCUT2D eigenvalue weighted by molar-refractivity contribution is 7.99. The normalized spacial score (nSPS) is 9.45. The first-order chi connectivity index (χ1) is 5.13. The molecule has 0 unspecified atom stereocenters. The van der Waals surface area contributed by atoms with Gasteiger partial charge in [-0.3, -0.25) is 15.3 Å². The second-order valence-corrected chi connectivity index (χ2v) is 3.15. The molecule has 0 saturated heterocycles. The molecule has 0 atom stereocenters. The summed E-state index contributed by atoms with van der Waals surface area (Å²) in [6, 6.07) is 0. The third kappa shape index (κ3) is 9.29. The van der Waals surface area contributed by atoms with Crippen LogP contribution in [0.25, 0.3) is 0 Å². The highest BCUT2D eigenvalue weighted by atomic mass is 32.2. The van der Waals surface area contributed by atoms with Crippen LogP contribution in [-0.2, 0) is 9.59 Å². The smallest absolute Gasteiger partial charge is 0.304 e. The van der Waals surface area contributed by atoms with Crippen molar-refractivity contribution >= 4 is 23.6 Å². The van der Waals surface area contributed by atoms with E-state index in [0.717, 1.165) is 0 Å². The molecule has 0 spiro atoms. The molecular weight excluding hydrogens is 166 g/mol. The number of carbonyl (C=O) groups is 2. The average Bonchev–Trinajstić information content (AvgIpc) is 1.85. The van der Waals surface area contributed by atoms with Gasteiger partial charge in [-0.25, -0.2) is 0 Å². The summed E-state index contributed by atoms with van der Waals surface area (Å²) < 4.78 is 0. The fourth-order valence-electron chi connectivity index (χ4n) is 0.426. The van der Waals surface area contributed by atoms with Crippen LogP contribution in [0, 0.1) is 0 Å². The molecule has 0 aromatic heterocycles. The summed E-state index contributed by atoms with van der Waals surface area (Å²) in [6.45, 7) is 0. The van der Waals surface area contributed by atoms with Crippen molar-refractivity contribution in [2.24, 2.45) is 0 Å². The molecule has 1 radical (unpaired) electrons. The van der Waals surface area contributed by atoms with Gasteiger partial charge in [0.05, 0.1) is 6.42 Å². The Morgan fingerprint density at radius 2 is 1.82 bits per heavy atom. The molecule has 0 aromatic carbocycles. The van der Waals surface area contributed by atoms with Crippen molar-refractivity contribution < 1.29 is 14.7 Å². The summed E-state index contributed by atoms with van der Waals surface area (Å²) in [5.41, 5.74) is 6.53. The Balaban J connectivity index is 3.03. The van der Waals surface area contributed by atoms with Gasteiger partial charge in [0.2, 0.25) is 5.91 Å². The summed E-state index contributed by atoms with van der Waals surface area (Å²) in [4.78, 5) is 20.1. The lowest BCUT2D eigenvalue weighted by atomic mass is 10.5. The Labute approximate surface area is 69.1 Å². The number of aliphatic carboxylic acids is 1. The maximum absolute atomic E-state index is 10.1. The zero-order valence-electron chi connectivity index (χ0n) is 6.00. The van der Waals surface area contributed by atoms with Crippen LogP contribution in [0.3, 0.4) is 0 Å². The summed E-state index contributed by atoms with van der Waals surface area (Å²) in [6.07, 6.45) is 0.334. The number of thioether (sulfide) groups is 1. The van der Waals surface area contributed by atoms with Crippen LogP contribution in [0.4, 0.5) is 0 Å². The van der Waals surface area contributed by atoms with E-state index in [1.807, 2.05) is 0 Å². The van der Waals surface area contributed by atoms with Crippen molar-refractivity contribution in [3.05, 3.63) is 0 Å². The monoisotopic (exact) mass is 176 g/mol. The molecule has 0 fully saturated rings. The number of rotatable bonds is 6. The highest BCUT2D eigenvalue weighted by Gasteiger charge is 1.98. The molecule has 5 heteroatoms. The summed E-state index contributed by atoms with van der Waals surface area (Å²) in [5.74, 6) is -0.347. The van der Waals surface area contributed by atoms with Crippen molar-refractivity contribution in [2.75, 3.05) is 11.5 Å². The number of hydrogen-bond acceptors (Lipinski definition) is 3. The predicted molar refractivity (Wildman–Crippen MR) is 42.3 cm³/mol. The topological polar surface area (TPSA) is 78.2 Å². The molecule has 1 amide bonds. The van der Waals surface area contributed by atoms with Crippen LogP contribution in [0.1, 0.15) is 12.8 Å². The van der Waals surface area contributed by atoms with Gasteiger partial charge in [0.25, 0.3) is 0 Å². The van der Waals surface area contributed by atoms with Crippen LogP contribution in [0.15, 0.2) is 0 Å². The Kier molecular flexibility index (Phi) is 5.64. The first kappa shape index (κ1) is 10.3. The van der Waals surface area contributed by atoms with Gasteiger partial charge in [0, 0.05) is 17.9 Å². The third-order valence-electron chi connectivity index (χ3n) is 0.934. The van der Waals surface area contributed by atoms with Crippen LogP contribution in [0.2, 0.25) is 0 Å². The van der Waals surface area contributed by atoms with Gasteiger partial charge in [-0.05, 0) is 0 Å². The molecule has 0 rings (SSSR count). The van der Waals surface area contributed by atoms with Crippen molar-refractivity contribution in [1.29, 1.82) is 0 Å². The number of carbonyl (C=O) groups excluding carboxylic acids is 1. The van der Waals surface area contributed by atoms with Crippen molar-refractivity contribution in [3.8, 4) is 0 Å². The molecule has 2 N–H and O–H groups in total. The molecule has 63 valence electrons. The van der Waals surface area contributed by atoms with Crippen LogP contribution >= 0.6 is 11.8 Å². The molecule has 0 heterocycles. The van der Waals surface area contributed by atoms with Gasteiger partial charge in [-0.15, -0.1) is 0 Å². The summed E-state index contributed by atoms with van der Waals surface area (Å²) >= 11 is 1.39. The maximum Gasteiger partial charge on any atom is 0.304 e. The van der Waals surface area contributed by atoms with E-state index in [-0.39, 0.29) is 12.8 Å². The van der Waals surface area contributed by atoms with Crippen LogP contribution in [0.5, 0.6) is 0 Å². The van der Waals surface area contributed by atoms with Gasteiger partial charge in [-0.2, -0.15) is 11.8 Å². The minimum Gasteiger partial charge on any atom is -0.481 e. The molecule has 0 aromatic rings. The molecule has 11 heavy (non-hydrogen) atoms. The molecule has 0 aliphatic rings. The van der Waals surface area contributed by atoms with Gasteiger partial charge in [0.15, 0.2) is 0 Å². The third-order valence-corrected chi connectivity index (χ3v) is 1.92. The van der Waals surface area contributed by atoms with Crippen LogP contribution in [-0.4, -0.2) is 28.5 Å². The summed E-state index contributed by atoms with van der Waals surface area (Å²) in [7, 11) is 0. The predicted octanol–water partition coefficient (Wildman–Crippen LogP) is 0.394. The average molecular weight is 176 g/mol. The van der Waals surface area contributed by atoms with E-state index >= 15 is 0 Å². The van der Waals surface area contributed by atoms with Crippen LogP contribution < -0.4 is 5.73 Å². The Hall–Kier alpha value is -0.710. The summed E-state index contributed by atoms with van der Waals surface area (Å²) in [5, 5.41) is 8.20. The molecule has 0 aliphatic carbocycles. The SMILES string of the molecule is [NH]C(=O)CCSCCC(=O)O. The van der Waals surface area contributed by atoms with Gasteiger partial charge in [-0.1, -0.05) is 0 Å². The lowest BCUT2D eigenvalue weighted by Gasteiger charge is -1.94. The Bertz CT molecular complexity index is 133. The van der Waals surface area contributed by atoms with E-state index in [2.05, 4.69) is 0 Å². The lowest BCUT2D eigenvalue weighted by Crippen LogP contribution is -2.01. The first-order valence-corrected chi connectivity index (χ1v) is 4.32. The van der Waals surface area contributed by atoms with Gasteiger partial charge in [0.1, 0.15) is 0 Å². The number of carboxylic acid groups (broad SMARTS) is 1.